The van der Waals surface area contributed by atoms with Crippen molar-refractivity contribution in [3.05, 3.63) is 53.9 Å². The van der Waals surface area contributed by atoms with Crippen molar-refractivity contribution in [1.29, 1.82) is 0 Å². The number of rotatable bonds is 4. The normalized spacial score (nSPS) is 17.6. The van der Waals surface area contributed by atoms with Crippen LogP contribution in [0.25, 0.3) is 0 Å². The molecule has 2 heterocycles. The molecular formula is C21H27N3O. The van der Waals surface area contributed by atoms with Gasteiger partial charge in [-0.05, 0) is 48.4 Å². The maximum absolute atomic E-state index is 12.7. The number of nitrogens with zero attached hydrogens (tertiary/aromatic N) is 2. The van der Waals surface area contributed by atoms with Crippen molar-refractivity contribution < 1.29 is 4.79 Å². The van der Waals surface area contributed by atoms with Crippen LogP contribution in [0.2, 0.25) is 0 Å². The maximum Gasteiger partial charge on any atom is 0.274 e. The number of amides is 1. The maximum atomic E-state index is 12.7. The van der Waals surface area contributed by atoms with E-state index in [9.17, 15) is 4.79 Å². The van der Waals surface area contributed by atoms with Gasteiger partial charge in [0.05, 0.1) is 0 Å². The Bertz CT molecular complexity index is 741. The van der Waals surface area contributed by atoms with E-state index in [1.54, 1.807) is 6.20 Å². The molecule has 1 aliphatic heterocycles. The highest BCUT2D eigenvalue weighted by Crippen LogP contribution is 2.25. The number of hydrogen-bond acceptors (Lipinski definition) is 3. The van der Waals surface area contributed by atoms with Crippen molar-refractivity contribution in [2.24, 2.45) is 5.92 Å². The van der Waals surface area contributed by atoms with Crippen LogP contribution < -0.4 is 10.2 Å². The van der Waals surface area contributed by atoms with Gasteiger partial charge >= 0.3 is 0 Å². The smallest absolute Gasteiger partial charge is 0.274 e. The van der Waals surface area contributed by atoms with E-state index in [2.05, 4.69) is 42.0 Å². The zero-order valence-corrected chi connectivity index (χ0v) is 15.3. The SMILES string of the molecule is CC1CCCN(c2ccnc(C(=O)Nc3ccccc3C(C)C)c2)C1. The summed E-state index contributed by atoms with van der Waals surface area (Å²) in [4.78, 5) is 19.3. The van der Waals surface area contributed by atoms with E-state index in [4.69, 9.17) is 0 Å². The van der Waals surface area contributed by atoms with Gasteiger partial charge in [-0.2, -0.15) is 0 Å². The zero-order chi connectivity index (χ0) is 17.8. The Labute approximate surface area is 150 Å². The lowest BCUT2D eigenvalue weighted by Crippen LogP contribution is -2.34. The lowest BCUT2D eigenvalue weighted by Gasteiger charge is -2.32. The molecule has 1 fully saturated rings. The molecule has 3 rings (SSSR count). The minimum absolute atomic E-state index is 0.153. The molecule has 4 heteroatoms. The number of benzene rings is 1. The number of nitrogens with one attached hydrogen (secondary N) is 1. The Morgan fingerprint density at radius 1 is 1.28 bits per heavy atom. The summed E-state index contributed by atoms with van der Waals surface area (Å²) in [5.41, 5.74) is 3.55. The number of para-hydroxylation sites is 1. The molecule has 1 aromatic heterocycles. The number of carbonyl (C=O) groups is 1. The number of hydrogen-bond donors (Lipinski definition) is 1. The topological polar surface area (TPSA) is 45.2 Å². The second kappa shape index (κ2) is 7.68. The number of anilines is 2. The fourth-order valence-corrected chi connectivity index (χ4v) is 3.46. The standard InChI is InChI=1S/C21H27N3O/c1-15(2)18-8-4-5-9-19(18)23-21(25)20-13-17(10-11-22-20)24-12-6-7-16(3)14-24/h4-5,8-11,13,15-16H,6-7,12,14H2,1-3H3,(H,23,25). The summed E-state index contributed by atoms with van der Waals surface area (Å²) in [6, 6.07) is 11.9. The van der Waals surface area contributed by atoms with Gasteiger partial charge in [0.25, 0.3) is 5.91 Å². The van der Waals surface area contributed by atoms with Gasteiger partial charge in [-0.25, -0.2) is 0 Å². The summed E-state index contributed by atoms with van der Waals surface area (Å²) in [6.45, 7) is 8.62. The summed E-state index contributed by atoms with van der Waals surface area (Å²) in [7, 11) is 0. The first kappa shape index (κ1) is 17.5. The van der Waals surface area contributed by atoms with E-state index in [0.29, 0.717) is 17.5 Å². The third-order valence-electron chi connectivity index (χ3n) is 4.83. The average Bonchev–Trinajstić information content (AvgIpc) is 2.62. The molecule has 1 amide bonds. The van der Waals surface area contributed by atoms with Gasteiger partial charge in [0.2, 0.25) is 0 Å². The van der Waals surface area contributed by atoms with Crippen molar-refractivity contribution in [2.75, 3.05) is 23.3 Å². The first-order chi connectivity index (χ1) is 12.0. The quantitative estimate of drug-likeness (QED) is 0.880. The molecule has 0 bridgehead atoms. The minimum atomic E-state index is -0.153. The van der Waals surface area contributed by atoms with Crippen LogP contribution in [0.5, 0.6) is 0 Å². The van der Waals surface area contributed by atoms with Crippen molar-refractivity contribution in [2.45, 2.75) is 39.5 Å². The van der Waals surface area contributed by atoms with Crippen LogP contribution in [0.4, 0.5) is 11.4 Å². The molecule has 2 aromatic rings. The Morgan fingerprint density at radius 3 is 2.84 bits per heavy atom. The summed E-state index contributed by atoms with van der Waals surface area (Å²) in [6.07, 6.45) is 4.21. The highest BCUT2D eigenvalue weighted by Gasteiger charge is 2.18. The van der Waals surface area contributed by atoms with Gasteiger partial charge < -0.3 is 10.2 Å². The first-order valence-electron chi connectivity index (χ1n) is 9.16. The molecular weight excluding hydrogens is 310 g/mol. The van der Waals surface area contributed by atoms with E-state index < -0.39 is 0 Å². The van der Waals surface area contributed by atoms with Crippen LogP contribution in [-0.2, 0) is 0 Å². The first-order valence-corrected chi connectivity index (χ1v) is 9.16. The summed E-state index contributed by atoms with van der Waals surface area (Å²) in [5.74, 6) is 0.891. The number of carbonyl (C=O) groups excluding carboxylic acids is 1. The van der Waals surface area contributed by atoms with Crippen molar-refractivity contribution in [3.8, 4) is 0 Å². The minimum Gasteiger partial charge on any atom is -0.371 e. The molecule has 25 heavy (non-hydrogen) atoms. The monoisotopic (exact) mass is 337 g/mol. The van der Waals surface area contributed by atoms with Gasteiger partial charge in [0, 0.05) is 30.7 Å². The molecule has 132 valence electrons. The zero-order valence-electron chi connectivity index (χ0n) is 15.3. The predicted octanol–water partition coefficient (Wildman–Crippen LogP) is 4.69. The molecule has 0 saturated carbocycles. The number of aromatic nitrogens is 1. The average molecular weight is 337 g/mol. The van der Waals surface area contributed by atoms with E-state index in [1.807, 2.05) is 30.3 Å². The highest BCUT2D eigenvalue weighted by molar-refractivity contribution is 6.03. The van der Waals surface area contributed by atoms with Crippen LogP contribution >= 0.6 is 0 Å². The Kier molecular flexibility index (Phi) is 5.37. The third-order valence-corrected chi connectivity index (χ3v) is 4.83. The highest BCUT2D eigenvalue weighted by atomic mass is 16.1. The van der Waals surface area contributed by atoms with Gasteiger partial charge in [0.15, 0.2) is 0 Å². The Hall–Kier alpha value is -2.36. The molecule has 4 nitrogen and oxygen atoms in total. The number of pyridine rings is 1. The van der Waals surface area contributed by atoms with E-state index in [1.165, 1.54) is 12.8 Å². The largest absolute Gasteiger partial charge is 0.371 e. The third kappa shape index (κ3) is 4.19. The second-order valence-electron chi connectivity index (χ2n) is 7.29. The Balaban J connectivity index is 1.78. The fourth-order valence-electron chi connectivity index (χ4n) is 3.46. The summed E-state index contributed by atoms with van der Waals surface area (Å²) in [5, 5.41) is 3.03. The van der Waals surface area contributed by atoms with Crippen LogP contribution in [0.1, 0.15) is 55.6 Å². The van der Waals surface area contributed by atoms with E-state index in [0.717, 1.165) is 30.0 Å². The molecule has 1 saturated heterocycles. The van der Waals surface area contributed by atoms with Gasteiger partial charge in [-0.1, -0.05) is 39.0 Å². The van der Waals surface area contributed by atoms with Crippen LogP contribution in [0.15, 0.2) is 42.6 Å². The second-order valence-corrected chi connectivity index (χ2v) is 7.29. The summed E-state index contributed by atoms with van der Waals surface area (Å²) < 4.78 is 0. The molecule has 0 spiro atoms. The Morgan fingerprint density at radius 2 is 2.08 bits per heavy atom. The van der Waals surface area contributed by atoms with Crippen LogP contribution in [0.3, 0.4) is 0 Å². The van der Waals surface area contributed by atoms with Crippen molar-refractivity contribution >= 4 is 17.3 Å². The van der Waals surface area contributed by atoms with Crippen LogP contribution in [0, 0.1) is 5.92 Å². The lowest BCUT2D eigenvalue weighted by molar-refractivity contribution is 0.102. The van der Waals surface area contributed by atoms with E-state index >= 15 is 0 Å². The van der Waals surface area contributed by atoms with Gasteiger partial charge in [0.1, 0.15) is 5.69 Å². The fraction of sp³-hybridized carbons (Fsp3) is 0.429. The van der Waals surface area contributed by atoms with Crippen molar-refractivity contribution in [1.82, 2.24) is 4.98 Å². The molecule has 1 aromatic carbocycles. The van der Waals surface area contributed by atoms with Crippen LogP contribution in [-0.4, -0.2) is 24.0 Å². The summed E-state index contributed by atoms with van der Waals surface area (Å²) >= 11 is 0. The van der Waals surface area contributed by atoms with Gasteiger partial charge in [-0.15, -0.1) is 0 Å². The molecule has 1 aliphatic rings. The molecule has 1 unspecified atom stereocenters. The lowest BCUT2D eigenvalue weighted by atomic mass is 10.00. The van der Waals surface area contributed by atoms with Gasteiger partial charge in [-0.3, -0.25) is 9.78 Å². The van der Waals surface area contributed by atoms with Crippen molar-refractivity contribution in [3.63, 3.8) is 0 Å². The van der Waals surface area contributed by atoms with E-state index in [-0.39, 0.29) is 5.91 Å². The predicted molar refractivity (Wildman–Crippen MR) is 103 cm³/mol. The molecule has 1 atom stereocenters. The number of piperidine rings is 1. The molecule has 1 N–H and O–H groups in total. The molecule has 0 aliphatic carbocycles. The molecule has 0 radical (unpaired) electrons.